The molecule has 1 atom stereocenters. The van der Waals surface area contributed by atoms with Crippen molar-refractivity contribution in [2.75, 3.05) is 6.26 Å². The first-order chi connectivity index (χ1) is 6.07. The lowest BCUT2D eigenvalue weighted by atomic mass is 10.3. The Kier molecular flexibility index (Phi) is 1.63. The van der Waals surface area contributed by atoms with Crippen molar-refractivity contribution >= 4 is 20.6 Å². The third-order valence-electron chi connectivity index (χ3n) is 1.86. The van der Waals surface area contributed by atoms with Crippen molar-refractivity contribution in [3.63, 3.8) is 0 Å². The van der Waals surface area contributed by atoms with Gasteiger partial charge in [-0.1, -0.05) is 0 Å². The molecule has 0 saturated carbocycles. The Morgan fingerprint density at radius 1 is 1.54 bits per heavy atom. The maximum atomic E-state index is 11.4. The molecule has 1 unspecified atom stereocenters. The summed E-state index contributed by atoms with van der Waals surface area (Å²) in [5, 5.41) is 7.53. The highest BCUT2D eigenvalue weighted by Crippen LogP contribution is 2.16. The molecule has 5 heteroatoms. The van der Waals surface area contributed by atoms with Gasteiger partial charge in [0.1, 0.15) is 0 Å². The van der Waals surface area contributed by atoms with Crippen LogP contribution >= 0.6 is 0 Å². The SMILES string of the molecule is CS(=N)(=O)c1ccc2[nH]ncc2c1. The number of aromatic amines is 1. The van der Waals surface area contributed by atoms with Crippen LogP contribution in [-0.4, -0.2) is 20.7 Å². The summed E-state index contributed by atoms with van der Waals surface area (Å²) >= 11 is 0. The lowest BCUT2D eigenvalue weighted by Crippen LogP contribution is -1.93. The molecule has 0 radical (unpaired) electrons. The van der Waals surface area contributed by atoms with Gasteiger partial charge < -0.3 is 0 Å². The summed E-state index contributed by atoms with van der Waals surface area (Å²) in [6.07, 6.45) is 3.07. The Morgan fingerprint density at radius 2 is 2.31 bits per heavy atom. The van der Waals surface area contributed by atoms with Crippen LogP contribution in [0.3, 0.4) is 0 Å². The van der Waals surface area contributed by atoms with E-state index in [1.165, 1.54) is 6.26 Å². The van der Waals surface area contributed by atoms with Crippen molar-refractivity contribution in [2.45, 2.75) is 4.90 Å². The molecular formula is C8H9N3OS. The van der Waals surface area contributed by atoms with Crippen molar-refractivity contribution in [3.8, 4) is 0 Å². The van der Waals surface area contributed by atoms with E-state index in [4.69, 9.17) is 4.78 Å². The molecule has 0 aliphatic rings. The second-order valence-electron chi connectivity index (χ2n) is 2.96. The van der Waals surface area contributed by atoms with E-state index < -0.39 is 9.73 Å². The van der Waals surface area contributed by atoms with E-state index in [0.29, 0.717) is 4.90 Å². The van der Waals surface area contributed by atoms with Crippen molar-refractivity contribution in [2.24, 2.45) is 0 Å². The Hall–Kier alpha value is -1.36. The molecule has 0 bridgehead atoms. The minimum absolute atomic E-state index is 0.543. The Bertz CT molecular complexity index is 541. The molecule has 0 amide bonds. The maximum Gasteiger partial charge on any atom is 0.0697 e. The molecule has 1 heterocycles. The van der Waals surface area contributed by atoms with E-state index in [1.807, 2.05) is 0 Å². The predicted molar refractivity (Wildman–Crippen MR) is 51.1 cm³/mol. The standard InChI is InChI=1S/C8H9N3OS/c1-13(9,12)7-2-3-8-6(4-7)5-10-11-8/h2-5,9H,1H3,(H,10,11). The summed E-state index contributed by atoms with van der Waals surface area (Å²) in [6.45, 7) is 0. The van der Waals surface area contributed by atoms with Crippen LogP contribution < -0.4 is 0 Å². The first-order valence-electron chi connectivity index (χ1n) is 3.74. The topological polar surface area (TPSA) is 69.6 Å². The zero-order valence-electron chi connectivity index (χ0n) is 7.07. The summed E-state index contributed by atoms with van der Waals surface area (Å²) < 4.78 is 18.8. The number of nitrogens with zero attached hydrogens (tertiary/aromatic N) is 1. The van der Waals surface area contributed by atoms with Gasteiger partial charge in [0.15, 0.2) is 0 Å². The number of aromatic nitrogens is 2. The van der Waals surface area contributed by atoms with Gasteiger partial charge >= 0.3 is 0 Å². The normalized spacial score (nSPS) is 15.8. The number of rotatable bonds is 1. The molecule has 2 rings (SSSR count). The smallest absolute Gasteiger partial charge is 0.0697 e. The summed E-state index contributed by atoms with van der Waals surface area (Å²) in [4.78, 5) is 0.543. The second kappa shape index (κ2) is 2.56. The number of nitrogens with one attached hydrogen (secondary N) is 2. The molecule has 2 N–H and O–H groups in total. The van der Waals surface area contributed by atoms with Gasteiger partial charge in [-0.25, -0.2) is 8.99 Å². The minimum atomic E-state index is -2.61. The molecule has 0 aliphatic heterocycles. The maximum absolute atomic E-state index is 11.4. The van der Waals surface area contributed by atoms with Crippen molar-refractivity contribution in [3.05, 3.63) is 24.4 Å². The van der Waals surface area contributed by atoms with E-state index in [9.17, 15) is 4.21 Å². The minimum Gasteiger partial charge on any atom is -0.278 e. The highest BCUT2D eigenvalue weighted by Gasteiger charge is 2.04. The van der Waals surface area contributed by atoms with Crippen LogP contribution in [0.2, 0.25) is 0 Å². The van der Waals surface area contributed by atoms with Gasteiger partial charge in [0.2, 0.25) is 0 Å². The molecule has 68 valence electrons. The van der Waals surface area contributed by atoms with Crippen LogP contribution in [-0.2, 0) is 9.73 Å². The number of hydrogen-bond donors (Lipinski definition) is 2. The van der Waals surface area contributed by atoms with E-state index in [1.54, 1.807) is 24.4 Å². The summed E-state index contributed by atoms with van der Waals surface area (Å²) in [6, 6.07) is 5.21. The van der Waals surface area contributed by atoms with Crippen LogP contribution in [0, 0.1) is 4.78 Å². The molecule has 13 heavy (non-hydrogen) atoms. The second-order valence-corrected chi connectivity index (χ2v) is 5.12. The zero-order chi connectivity index (χ0) is 9.47. The van der Waals surface area contributed by atoms with E-state index in [2.05, 4.69) is 10.2 Å². The lowest BCUT2D eigenvalue weighted by molar-refractivity contribution is 0.679. The summed E-state index contributed by atoms with van der Waals surface area (Å²) in [5.41, 5.74) is 0.896. The van der Waals surface area contributed by atoms with Gasteiger partial charge in [-0.3, -0.25) is 5.10 Å². The first kappa shape index (κ1) is 8.25. The summed E-state index contributed by atoms with van der Waals surface area (Å²) in [5.74, 6) is 0. The largest absolute Gasteiger partial charge is 0.278 e. The van der Waals surface area contributed by atoms with Gasteiger partial charge in [0.25, 0.3) is 0 Å². The van der Waals surface area contributed by atoms with Crippen LogP contribution in [0.25, 0.3) is 10.9 Å². The van der Waals surface area contributed by atoms with Gasteiger partial charge in [-0.15, -0.1) is 0 Å². The molecule has 0 spiro atoms. The number of benzene rings is 1. The van der Waals surface area contributed by atoms with E-state index >= 15 is 0 Å². The fourth-order valence-electron chi connectivity index (χ4n) is 1.16. The van der Waals surface area contributed by atoms with Crippen LogP contribution in [0.4, 0.5) is 0 Å². The molecule has 1 aromatic heterocycles. The molecule has 0 aliphatic carbocycles. The molecule has 0 fully saturated rings. The van der Waals surface area contributed by atoms with Crippen molar-refractivity contribution < 1.29 is 4.21 Å². The molecule has 2 aromatic rings. The van der Waals surface area contributed by atoms with Crippen LogP contribution in [0.15, 0.2) is 29.3 Å². The lowest BCUT2D eigenvalue weighted by Gasteiger charge is -1.99. The van der Waals surface area contributed by atoms with Gasteiger partial charge in [-0.2, -0.15) is 5.10 Å². The fourth-order valence-corrected chi connectivity index (χ4v) is 1.84. The average Bonchev–Trinajstić information content (AvgIpc) is 2.47. The van der Waals surface area contributed by atoms with E-state index in [0.717, 1.165) is 10.9 Å². The van der Waals surface area contributed by atoms with Gasteiger partial charge in [0.05, 0.1) is 21.4 Å². The van der Waals surface area contributed by atoms with Crippen LogP contribution in [0.1, 0.15) is 0 Å². The fraction of sp³-hybridized carbons (Fsp3) is 0.125. The highest BCUT2D eigenvalue weighted by molar-refractivity contribution is 7.91. The molecule has 0 saturated heterocycles. The van der Waals surface area contributed by atoms with E-state index in [-0.39, 0.29) is 0 Å². The monoisotopic (exact) mass is 195 g/mol. The molecular weight excluding hydrogens is 186 g/mol. The quantitative estimate of drug-likeness (QED) is 0.725. The van der Waals surface area contributed by atoms with Crippen LogP contribution in [0.5, 0.6) is 0 Å². The average molecular weight is 195 g/mol. The van der Waals surface area contributed by atoms with Gasteiger partial charge in [-0.05, 0) is 18.2 Å². The molecule has 4 nitrogen and oxygen atoms in total. The Morgan fingerprint density at radius 3 is 3.00 bits per heavy atom. The Labute approximate surface area is 75.9 Å². The van der Waals surface area contributed by atoms with Crippen molar-refractivity contribution in [1.82, 2.24) is 10.2 Å². The predicted octanol–water partition coefficient (Wildman–Crippen LogP) is 1.60. The number of H-pyrrole nitrogens is 1. The van der Waals surface area contributed by atoms with Gasteiger partial charge in [0, 0.05) is 16.5 Å². The summed E-state index contributed by atoms with van der Waals surface area (Å²) in [7, 11) is -2.61. The number of hydrogen-bond acceptors (Lipinski definition) is 3. The highest BCUT2D eigenvalue weighted by atomic mass is 32.2. The Balaban J connectivity index is 2.75. The first-order valence-corrected chi connectivity index (χ1v) is 5.71. The molecule has 1 aromatic carbocycles. The van der Waals surface area contributed by atoms with Crippen molar-refractivity contribution in [1.29, 1.82) is 4.78 Å². The third kappa shape index (κ3) is 1.42. The number of fused-ring (bicyclic) bond motifs is 1. The zero-order valence-corrected chi connectivity index (χ0v) is 7.89. The third-order valence-corrected chi connectivity index (χ3v) is 3.01.